The number of aromatic nitrogens is 2. The number of hydrogen-bond donors (Lipinski definition) is 2. The number of esters is 1. The summed E-state index contributed by atoms with van der Waals surface area (Å²) in [5, 5.41) is 2.84. The number of nitrogens with zero attached hydrogens (tertiary/aromatic N) is 1. The maximum atomic E-state index is 12.9. The van der Waals surface area contributed by atoms with Gasteiger partial charge in [0, 0.05) is 11.3 Å². The van der Waals surface area contributed by atoms with Crippen molar-refractivity contribution in [1.82, 2.24) is 9.97 Å². The molecule has 4 aromatic rings. The first kappa shape index (κ1) is 20.3. The molecule has 1 aromatic heterocycles. The number of fused-ring (bicyclic) bond motifs is 1. The summed E-state index contributed by atoms with van der Waals surface area (Å²) in [6.07, 6.45) is -0.962. The maximum Gasteiger partial charge on any atom is 0.339 e. The van der Waals surface area contributed by atoms with Crippen molar-refractivity contribution >= 4 is 28.6 Å². The van der Waals surface area contributed by atoms with E-state index in [9.17, 15) is 9.59 Å². The van der Waals surface area contributed by atoms with Crippen molar-refractivity contribution < 1.29 is 14.3 Å². The number of carbonyl (C=O) groups excluding carboxylic acids is 2. The Morgan fingerprint density at radius 3 is 2.52 bits per heavy atom. The Bertz CT molecular complexity index is 1240. The molecule has 4 rings (SSSR count). The lowest BCUT2D eigenvalue weighted by molar-refractivity contribution is -0.123. The van der Waals surface area contributed by atoms with Crippen molar-refractivity contribution in [2.45, 2.75) is 26.9 Å². The smallest absolute Gasteiger partial charge is 0.339 e. The summed E-state index contributed by atoms with van der Waals surface area (Å²) in [5.74, 6) is -0.399. The predicted molar refractivity (Wildman–Crippen MR) is 121 cm³/mol. The fourth-order valence-corrected chi connectivity index (χ4v) is 3.35. The third-order valence-electron chi connectivity index (χ3n) is 5.31. The highest BCUT2D eigenvalue weighted by molar-refractivity contribution is 6.00. The van der Waals surface area contributed by atoms with Crippen molar-refractivity contribution in [3.8, 4) is 11.4 Å². The molecule has 3 aromatic carbocycles. The molecule has 0 fully saturated rings. The Balaban J connectivity index is 1.53. The lowest BCUT2D eigenvalue weighted by Gasteiger charge is -2.16. The van der Waals surface area contributed by atoms with E-state index in [-0.39, 0.29) is 5.91 Å². The van der Waals surface area contributed by atoms with Crippen LogP contribution in [0.3, 0.4) is 0 Å². The maximum absolute atomic E-state index is 12.9. The molecule has 0 saturated carbocycles. The number of benzene rings is 3. The Morgan fingerprint density at radius 1 is 0.968 bits per heavy atom. The summed E-state index contributed by atoms with van der Waals surface area (Å²) in [4.78, 5) is 33.3. The van der Waals surface area contributed by atoms with E-state index in [1.54, 1.807) is 25.1 Å². The average Bonchev–Trinajstić information content (AvgIpc) is 3.21. The van der Waals surface area contributed by atoms with E-state index >= 15 is 0 Å². The van der Waals surface area contributed by atoms with Crippen LogP contribution < -0.4 is 5.32 Å². The second kappa shape index (κ2) is 8.44. The Kier molecular flexibility index (Phi) is 5.54. The van der Waals surface area contributed by atoms with E-state index in [0.717, 1.165) is 22.2 Å². The third-order valence-corrected chi connectivity index (χ3v) is 5.31. The Labute approximate surface area is 180 Å². The zero-order valence-electron chi connectivity index (χ0n) is 17.6. The van der Waals surface area contributed by atoms with Gasteiger partial charge in [-0.1, -0.05) is 42.5 Å². The van der Waals surface area contributed by atoms with Crippen LogP contribution in [0.4, 0.5) is 5.69 Å². The van der Waals surface area contributed by atoms with E-state index in [2.05, 4.69) is 15.3 Å². The van der Waals surface area contributed by atoms with Gasteiger partial charge >= 0.3 is 5.97 Å². The number of H-pyrrole nitrogens is 1. The lowest BCUT2D eigenvalue weighted by Crippen LogP contribution is -2.30. The van der Waals surface area contributed by atoms with Crippen LogP contribution in [0.1, 0.15) is 28.4 Å². The van der Waals surface area contributed by atoms with Gasteiger partial charge in [-0.3, -0.25) is 4.79 Å². The molecule has 2 N–H and O–H groups in total. The first-order chi connectivity index (χ1) is 14.9. The average molecular weight is 413 g/mol. The van der Waals surface area contributed by atoms with Crippen LogP contribution in [0.15, 0.2) is 66.7 Å². The number of nitrogens with one attached hydrogen (secondary N) is 2. The summed E-state index contributed by atoms with van der Waals surface area (Å²) in [6, 6.07) is 20.4. The van der Waals surface area contributed by atoms with E-state index in [4.69, 9.17) is 4.74 Å². The number of aryl methyl sites for hydroxylation is 1. The summed E-state index contributed by atoms with van der Waals surface area (Å²) >= 11 is 0. The third kappa shape index (κ3) is 4.19. The van der Waals surface area contributed by atoms with E-state index in [1.165, 1.54) is 0 Å². The van der Waals surface area contributed by atoms with Crippen LogP contribution in [0.25, 0.3) is 22.4 Å². The minimum absolute atomic E-state index is 0.341. The molecule has 1 atom stereocenters. The number of rotatable bonds is 5. The van der Waals surface area contributed by atoms with Gasteiger partial charge in [0.1, 0.15) is 5.82 Å². The van der Waals surface area contributed by atoms with Gasteiger partial charge in [0.2, 0.25) is 0 Å². The number of imidazole rings is 1. The van der Waals surface area contributed by atoms with E-state index < -0.39 is 12.1 Å². The van der Waals surface area contributed by atoms with Crippen molar-refractivity contribution in [3.63, 3.8) is 0 Å². The molecule has 0 spiro atoms. The summed E-state index contributed by atoms with van der Waals surface area (Å²) in [5.41, 5.74) is 5.39. The van der Waals surface area contributed by atoms with Crippen molar-refractivity contribution in [2.24, 2.45) is 0 Å². The van der Waals surface area contributed by atoms with Gasteiger partial charge in [-0.15, -0.1) is 0 Å². The zero-order valence-corrected chi connectivity index (χ0v) is 17.6. The number of anilines is 1. The molecule has 31 heavy (non-hydrogen) atoms. The molecule has 1 unspecified atom stereocenters. The SMILES string of the molecule is Cc1cccc(NC(=O)C(C)OC(=O)c2ccccc2-c2nc3ccccc3[nH]2)c1C. The molecule has 0 aliphatic rings. The van der Waals surface area contributed by atoms with Gasteiger partial charge in [-0.2, -0.15) is 0 Å². The molecule has 0 saturated heterocycles. The lowest BCUT2D eigenvalue weighted by atomic mass is 10.1. The van der Waals surface area contributed by atoms with Crippen molar-refractivity contribution in [2.75, 3.05) is 5.32 Å². The van der Waals surface area contributed by atoms with E-state index in [1.807, 2.05) is 62.4 Å². The largest absolute Gasteiger partial charge is 0.449 e. The number of para-hydroxylation sites is 2. The quantitative estimate of drug-likeness (QED) is 0.450. The topological polar surface area (TPSA) is 84.1 Å². The number of aromatic amines is 1. The highest BCUT2D eigenvalue weighted by atomic mass is 16.5. The van der Waals surface area contributed by atoms with Gasteiger partial charge in [-0.05, 0) is 56.2 Å². The number of hydrogen-bond acceptors (Lipinski definition) is 4. The molecule has 0 radical (unpaired) electrons. The summed E-state index contributed by atoms with van der Waals surface area (Å²) in [7, 11) is 0. The van der Waals surface area contributed by atoms with Crippen LogP contribution in [0.2, 0.25) is 0 Å². The Hall–Kier alpha value is -3.93. The molecule has 0 aliphatic carbocycles. The highest BCUT2D eigenvalue weighted by Gasteiger charge is 2.22. The predicted octanol–water partition coefficient (Wildman–Crippen LogP) is 5.03. The molecule has 1 heterocycles. The number of ether oxygens (including phenoxy) is 1. The second-order valence-corrected chi connectivity index (χ2v) is 7.43. The van der Waals surface area contributed by atoms with Crippen molar-refractivity contribution in [1.29, 1.82) is 0 Å². The molecule has 156 valence electrons. The number of carbonyl (C=O) groups is 2. The fourth-order valence-electron chi connectivity index (χ4n) is 3.35. The normalized spacial score (nSPS) is 11.8. The van der Waals surface area contributed by atoms with Crippen LogP contribution in [-0.2, 0) is 9.53 Å². The Morgan fingerprint density at radius 2 is 1.71 bits per heavy atom. The van der Waals surface area contributed by atoms with Crippen molar-refractivity contribution in [3.05, 3.63) is 83.4 Å². The molecular weight excluding hydrogens is 390 g/mol. The van der Waals surface area contributed by atoms with Gasteiger partial charge in [0.15, 0.2) is 6.10 Å². The van der Waals surface area contributed by atoms with Crippen LogP contribution in [-0.4, -0.2) is 27.9 Å². The van der Waals surface area contributed by atoms with Gasteiger partial charge in [-0.25, -0.2) is 9.78 Å². The minimum atomic E-state index is -0.962. The van der Waals surface area contributed by atoms with Gasteiger partial charge in [0.25, 0.3) is 5.91 Å². The monoisotopic (exact) mass is 413 g/mol. The van der Waals surface area contributed by atoms with Gasteiger partial charge < -0.3 is 15.0 Å². The van der Waals surface area contributed by atoms with Gasteiger partial charge in [0.05, 0.1) is 16.6 Å². The highest BCUT2D eigenvalue weighted by Crippen LogP contribution is 2.25. The fraction of sp³-hybridized carbons (Fsp3) is 0.160. The molecule has 0 bridgehead atoms. The van der Waals surface area contributed by atoms with Crippen LogP contribution in [0.5, 0.6) is 0 Å². The first-order valence-corrected chi connectivity index (χ1v) is 10.1. The molecule has 6 nitrogen and oxygen atoms in total. The standard InChI is InChI=1S/C25H23N3O3/c1-15-9-8-14-20(16(15)2)28-24(29)17(3)31-25(30)19-11-5-4-10-18(19)23-26-21-12-6-7-13-22(21)27-23/h4-14,17H,1-3H3,(H,26,27)(H,28,29). The summed E-state index contributed by atoms with van der Waals surface area (Å²) < 4.78 is 5.48. The second-order valence-electron chi connectivity index (χ2n) is 7.43. The first-order valence-electron chi connectivity index (χ1n) is 10.1. The molecular formula is C25H23N3O3. The zero-order chi connectivity index (χ0) is 22.0. The molecule has 0 aliphatic heterocycles. The molecule has 1 amide bonds. The van der Waals surface area contributed by atoms with Crippen LogP contribution >= 0.6 is 0 Å². The van der Waals surface area contributed by atoms with Crippen LogP contribution in [0, 0.1) is 13.8 Å². The van der Waals surface area contributed by atoms with E-state index in [0.29, 0.717) is 22.6 Å². The minimum Gasteiger partial charge on any atom is -0.449 e. The number of amides is 1. The molecule has 6 heteroatoms. The summed E-state index contributed by atoms with van der Waals surface area (Å²) in [6.45, 7) is 5.47.